The van der Waals surface area contributed by atoms with E-state index in [1.807, 2.05) is 18.2 Å². The molecular formula is C16H18Cl2N4O. The van der Waals surface area contributed by atoms with Gasteiger partial charge in [0.1, 0.15) is 5.02 Å². The lowest BCUT2D eigenvalue weighted by Gasteiger charge is -2.21. The maximum Gasteiger partial charge on any atom is 0.285 e. The predicted octanol–water partition coefficient (Wildman–Crippen LogP) is 3.32. The van der Waals surface area contributed by atoms with Gasteiger partial charge in [-0.15, -0.1) is 0 Å². The van der Waals surface area contributed by atoms with Crippen molar-refractivity contribution in [2.45, 2.75) is 13.3 Å². The number of aryl methyl sites for hydroxylation is 1. The molecule has 1 aromatic heterocycles. The summed E-state index contributed by atoms with van der Waals surface area (Å²) < 4.78 is 0. The smallest absolute Gasteiger partial charge is 0.285 e. The van der Waals surface area contributed by atoms with Crippen LogP contribution < -0.4 is 15.8 Å². The van der Waals surface area contributed by atoms with Crippen LogP contribution in [0, 0.1) is 12.8 Å². The predicted molar refractivity (Wildman–Crippen MR) is 94.9 cm³/mol. The van der Waals surface area contributed by atoms with Gasteiger partial charge >= 0.3 is 0 Å². The monoisotopic (exact) mass is 352 g/mol. The second kappa shape index (κ2) is 6.81. The van der Waals surface area contributed by atoms with Crippen molar-refractivity contribution in [1.29, 1.82) is 0 Å². The standard InChI is InChI=1S/C16H18Cl2N4O/c1-10-2-3-12(17)6-14(10)22-5-4-11(9-22)7-19-13-8-20-21-16(23)15(13)18/h2-3,6,8,11H,4-5,7,9H2,1H3,(H2,19,21,23). The normalized spacial score (nSPS) is 17.5. The third kappa shape index (κ3) is 3.62. The molecule has 0 bridgehead atoms. The molecule has 2 heterocycles. The zero-order valence-electron chi connectivity index (χ0n) is 12.8. The molecule has 2 aromatic rings. The lowest BCUT2D eigenvalue weighted by molar-refractivity contribution is 0.622. The molecule has 3 rings (SSSR count). The van der Waals surface area contributed by atoms with E-state index in [1.54, 1.807) is 0 Å². The minimum Gasteiger partial charge on any atom is -0.382 e. The Morgan fingerprint density at radius 2 is 2.26 bits per heavy atom. The van der Waals surface area contributed by atoms with Gasteiger partial charge in [0.15, 0.2) is 0 Å². The molecule has 1 aliphatic rings. The third-order valence-electron chi connectivity index (χ3n) is 4.17. The Bertz CT molecular complexity index is 762. The Labute approximate surface area is 144 Å². The van der Waals surface area contributed by atoms with Gasteiger partial charge in [-0.25, -0.2) is 5.10 Å². The summed E-state index contributed by atoms with van der Waals surface area (Å²) in [5.41, 5.74) is 2.62. The van der Waals surface area contributed by atoms with Crippen molar-refractivity contribution in [3.05, 3.63) is 50.4 Å². The Hall–Kier alpha value is -1.72. The van der Waals surface area contributed by atoms with Crippen molar-refractivity contribution in [3.63, 3.8) is 0 Å². The van der Waals surface area contributed by atoms with Crippen molar-refractivity contribution in [1.82, 2.24) is 10.2 Å². The molecule has 1 aromatic carbocycles. The zero-order valence-corrected chi connectivity index (χ0v) is 14.3. The Balaban J connectivity index is 1.63. The third-order valence-corrected chi connectivity index (χ3v) is 4.78. The van der Waals surface area contributed by atoms with E-state index in [0.717, 1.165) is 31.1 Å². The Morgan fingerprint density at radius 1 is 1.43 bits per heavy atom. The number of nitrogens with one attached hydrogen (secondary N) is 2. The topological polar surface area (TPSA) is 61.0 Å². The van der Waals surface area contributed by atoms with Crippen LogP contribution in [0.4, 0.5) is 11.4 Å². The summed E-state index contributed by atoms with van der Waals surface area (Å²) in [4.78, 5) is 13.8. The number of anilines is 2. The lowest BCUT2D eigenvalue weighted by Crippen LogP contribution is -2.23. The highest BCUT2D eigenvalue weighted by Gasteiger charge is 2.24. The van der Waals surface area contributed by atoms with E-state index < -0.39 is 0 Å². The van der Waals surface area contributed by atoms with Crippen LogP contribution in [-0.4, -0.2) is 29.8 Å². The van der Waals surface area contributed by atoms with Crippen molar-refractivity contribution in [2.75, 3.05) is 29.9 Å². The van der Waals surface area contributed by atoms with Crippen LogP contribution >= 0.6 is 23.2 Å². The van der Waals surface area contributed by atoms with Crippen LogP contribution in [0.2, 0.25) is 10.0 Å². The number of aromatic nitrogens is 2. The fraction of sp³-hybridized carbons (Fsp3) is 0.375. The summed E-state index contributed by atoms with van der Waals surface area (Å²) in [5, 5.41) is 10.2. The molecule has 1 aliphatic heterocycles. The molecule has 0 aliphatic carbocycles. The van der Waals surface area contributed by atoms with Gasteiger partial charge in [-0.2, -0.15) is 5.10 Å². The number of H-pyrrole nitrogens is 1. The number of hydrogen-bond donors (Lipinski definition) is 2. The van der Waals surface area contributed by atoms with E-state index in [4.69, 9.17) is 23.2 Å². The summed E-state index contributed by atoms with van der Waals surface area (Å²) >= 11 is 12.1. The summed E-state index contributed by atoms with van der Waals surface area (Å²) in [6.45, 7) is 4.79. The van der Waals surface area contributed by atoms with Gasteiger partial charge in [-0.05, 0) is 37.0 Å². The van der Waals surface area contributed by atoms with Crippen molar-refractivity contribution < 1.29 is 0 Å². The first-order valence-electron chi connectivity index (χ1n) is 7.52. The number of halogens is 2. The van der Waals surface area contributed by atoms with Crippen LogP contribution in [0.25, 0.3) is 0 Å². The van der Waals surface area contributed by atoms with Gasteiger partial charge < -0.3 is 10.2 Å². The first-order chi connectivity index (χ1) is 11.0. The molecule has 1 atom stereocenters. The second-order valence-corrected chi connectivity index (χ2v) is 6.65. The number of hydrogen-bond acceptors (Lipinski definition) is 4. The van der Waals surface area contributed by atoms with Crippen LogP contribution in [0.3, 0.4) is 0 Å². The van der Waals surface area contributed by atoms with Crippen LogP contribution in [0.5, 0.6) is 0 Å². The molecule has 5 nitrogen and oxygen atoms in total. The number of aromatic amines is 1. The van der Waals surface area contributed by atoms with Crippen molar-refractivity contribution in [2.24, 2.45) is 5.92 Å². The molecule has 1 fully saturated rings. The number of benzene rings is 1. The molecule has 23 heavy (non-hydrogen) atoms. The van der Waals surface area contributed by atoms with Crippen LogP contribution in [0.1, 0.15) is 12.0 Å². The number of nitrogens with zero attached hydrogens (tertiary/aromatic N) is 2. The lowest BCUT2D eigenvalue weighted by atomic mass is 10.1. The van der Waals surface area contributed by atoms with Crippen molar-refractivity contribution >= 4 is 34.6 Å². The van der Waals surface area contributed by atoms with E-state index in [1.165, 1.54) is 17.4 Å². The highest BCUT2D eigenvalue weighted by Crippen LogP contribution is 2.29. The zero-order chi connectivity index (χ0) is 16.4. The van der Waals surface area contributed by atoms with Gasteiger partial charge in [-0.1, -0.05) is 29.3 Å². The average molecular weight is 353 g/mol. The molecule has 0 amide bonds. The molecule has 122 valence electrons. The molecule has 0 radical (unpaired) electrons. The van der Waals surface area contributed by atoms with Gasteiger partial charge in [0, 0.05) is 30.3 Å². The second-order valence-electron chi connectivity index (χ2n) is 5.84. The van der Waals surface area contributed by atoms with Crippen molar-refractivity contribution in [3.8, 4) is 0 Å². The van der Waals surface area contributed by atoms with Gasteiger partial charge in [0.2, 0.25) is 0 Å². The van der Waals surface area contributed by atoms with E-state index in [2.05, 4.69) is 27.3 Å². The highest BCUT2D eigenvalue weighted by atomic mass is 35.5. The molecule has 0 spiro atoms. The minimum atomic E-state index is -0.376. The highest BCUT2D eigenvalue weighted by molar-refractivity contribution is 6.32. The minimum absolute atomic E-state index is 0.153. The Morgan fingerprint density at radius 3 is 3.09 bits per heavy atom. The van der Waals surface area contributed by atoms with E-state index >= 15 is 0 Å². The molecule has 2 N–H and O–H groups in total. The van der Waals surface area contributed by atoms with E-state index in [0.29, 0.717) is 11.6 Å². The largest absolute Gasteiger partial charge is 0.382 e. The molecule has 1 saturated heterocycles. The Kier molecular flexibility index (Phi) is 4.78. The SMILES string of the molecule is Cc1ccc(Cl)cc1N1CCC(CNc2cn[nH]c(=O)c2Cl)C1. The van der Waals surface area contributed by atoms with Crippen LogP contribution in [0.15, 0.2) is 29.2 Å². The van der Waals surface area contributed by atoms with E-state index in [9.17, 15) is 4.79 Å². The first-order valence-corrected chi connectivity index (χ1v) is 8.28. The molecular weight excluding hydrogens is 335 g/mol. The number of rotatable bonds is 4. The maximum atomic E-state index is 11.4. The summed E-state index contributed by atoms with van der Waals surface area (Å²) in [6.07, 6.45) is 2.62. The van der Waals surface area contributed by atoms with Gasteiger partial charge in [0.25, 0.3) is 5.56 Å². The maximum absolute atomic E-state index is 11.4. The molecule has 7 heteroatoms. The fourth-order valence-corrected chi connectivity index (χ4v) is 3.23. The van der Waals surface area contributed by atoms with Gasteiger partial charge in [-0.3, -0.25) is 4.79 Å². The molecule has 0 saturated carbocycles. The van der Waals surface area contributed by atoms with Gasteiger partial charge in [0.05, 0.1) is 11.9 Å². The quantitative estimate of drug-likeness (QED) is 0.885. The summed E-state index contributed by atoms with van der Waals surface area (Å²) in [5.74, 6) is 0.476. The molecule has 1 unspecified atom stereocenters. The summed E-state index contributed by atoms with van der Waals surface area (Å²) in [7, 11) is 0. The fourth-order valence-electron chi connectivity index (χ4n) is 2.90. The van der Waals surface area contributed by atoms with Crippen LogP contribution in [-0.2, 0) is 0 Å². The summed E-state index contributed by atoms with van der Waals surface area (Å²) in [6, 6.07) is 5.98. The van der Waals surface area contributed by atoms with E-state index in [-0.39, 0.29) is 10.6 Å². The first kappa shape index (κ1) is 16.1. The average Bonchev–Trinajstić information content (AvgIpc) is 3.00.